The zero-order chi connectivity index (χ0) is 19.7. The minimum Gasteiger partial charge on any atom is -0.383 e. The van der Waals surface area contributed by atoms with Crippen LogP contribution in [-0.4, -0.2) is 20.0 Å². The highest BCUT2D eigenvalue weighted by atomic mass is 79.9. The molecule has 0 aliphatic carbocycles. The molecule has 7 heteroatoms. The van der Waals surface area contributed by atoms with Crippen molar-refractivity contribution >= 4 is 21.7 Å². The van der Waals surface area contributed by atoms with Crippen LogP contribution in [0.15, 0.2) is 65.1 Å². The molecule has 0 fully saturated rings. The van der Waals surface area contributed by atoms with Gasteiger partial charge in [-0.05, 0) is 42.8 Å². The summed E-state index contributed by atoms with van der Waals surface area (Å²) in [6.45, 7) is 1.93. The molecule has 0 aliphatic heterocycles. The molecule has 2 heterocycles. The molecule has 4 rings (SSSR count). The fourth-order valence-corrected chi connectivity index (χ4v) is 3.31. The second-order valence-electron chi connectivity index (χ2n) is 6.20. The monoisotopic (exact) mass is 430 g/mol. The fourth-order valence-electron chi connectivity index (χ4n) is 3.04. The maximum Gasteiger partial charge on any atom is 0.142 e. The molecule has 28 heavy (non-hydrogen) atoms. The summed E-state index contributed by atoms with van der Waals surface area (Å²) in [6, 6.07) is 21.4. The highest BCUT2D eigenvalue weighted by molar-refractivity contribution is 9.10. The van der Waals surface area contributed by atoms with Crippen molar-refractivity contribution in [2.75, 3.05) is 5.73 Å². The maximum atomic E-state index is 9.55. The molecule has 0 aliphatic rings. The second kappa shape index (κ2) is 7.25. The quantitative estimate of drug-likeness (QED) is 0.515. The number of pyridine rings is 1. The molecule has 0 spiro atoms. The lowest BCUT2D eigenvalue weighted by Gasteiger charge is -2.09. The van der Waals surface area contributed by atoms with Gasteiger partial charge in [0.1, 0.15) is 23.1 Å². The molecule has 2 N–H and O–H groups in total. The summed E-state index contributed by atoms with van der Waals surface area (Å²) in [5, 5.41) is 18.1. The van der Waals surface area contributed by atoms with Gasteiger partial charge in [-0.25, -0.2) is 9.67 Å². The molecule has 6 nitrogen and oxygen atoms in total. The van der Waals surface area contributed by atoms with Gasteiger partial charge in [0, 0.05) is 10.0 Å². The SMILES string of the molecule is Cc1c(-c2cc(-c3ccccc3)c(C#N)c(N)n2)nnn1-c1ccc(Br)cc1. The van der Waals surface area contributed by atoms with Crippen molar-refractivity contribution in [3.63, 3.8) is 0 Å². The molecule has 2 aromatic heterocycles. The number of hydrogen-bond acceptors (Lipinski definition) is 5. The zero-order valence-electron chi connectivity index (χ0n) is 15.0. The summed E-state index contributed by atoms with van der Waals surface area (Å²) < 4.78 is 2.74. The van der Waals surface area contributed by atoms with Crippen molar-refractivity contribution in [2.24, 2.45) is 0 Å². The van der Waals surface area contributed by atoms with Crippen LogP contribution in [0.25, 0.3) is 28.2 Å². The number of nitriles is 1. The van der Waals surface area contributed by atoms with Crippen LogP contribution in [0.2, 0.25) is 0 Å². The van der Waals surface area contributed by atoms with Crippen molar-refractivity contribution in [1.29, 1.82) is 5.26 Å². The predicted octanol–water partition coefficient (Wildman–Crippen LogP) is 4.52. The molecule has 0 atom stereocenters. The third kappa shape index (κ3) is 3.15. The minimum atomic E-state index is 0.177. The number of rotatable bonds is 3. The first-order valence-electron chi connectivity index (χ1n) is 8.53. The normalized spacial score (nSPS) is 10.6. The lowest BCUT2D eigenvalue weighted by molar-refractivity contribution is 0.785. The first-order valence-corrected chi connectivity index (χ1v) is 9.32. The van der Waals surface area contributed by atoms with Gasteiger partial charge in [-0.1, -0.05) is 51.5 Å². The van der Waals surface area contributed by atoms with Gasteiger partial charge in [-0.2, -0.15) is 5.26 Å². The van der Waals surface area contributed by atoms with E-state index in [9.17, 15) is 5.26 Å². The Morgan fingerprint density at radius 1 is 1.07 bits per heavy atom. The molecule has 0 saturated carbocycles. The molecular weight excluding hydrogens is 416 g/mol. The Bertz CT molecular complexity index is 1190. The van der Waals surface area contributed by atoms with Crippen LogP contribution in [0.1, 0.15) is 11.3 Å². The van der Waals surface area contributed by atoms with E-state index >= 15 is 0 Å². The van der Waals surface area contributed by atoms with Crippen molar-refractivity contribution < 1.29 is 0 Å². The largest absolute Gasteiger partial charge is 0.383 e. The van der Waals surface area contributed by atoms with Crippen LogP contribution in [0.3, 0.4) is 0 Å². The molecule has 0 unspecified atom stereocenters. The standard InChI is InChI=1S/C21H15BrN6/c1-13-20(26-27-28(13)16-9-7-15(22)8-10-16)19-11-17(14-5-3-2-4-6-14)18(12-23)21(24)25-19/h2-11H,1H3,(H2,24,25). The lowest BCUT2D eigenvalue weighted by Crippen LogP contribution is -2.01. The molecule has 0 amide bonds. The van der Waals surface area contributed by atoms with Gasteiger partial charge in [-0.3, -0.25) is 0 Å². The Morgan fingerprint density at radius 3 is 2.46 bits per heavy atom. The van der Waals surface area contributed by atoms with Crippen molar-refractivity contribution in [2.45, 2.75) is 6.92 Å². The first-order chi connectivity index (χ1) is 13.6. The number of aromatic nitrogens is 4. The Morgan fingerprint density at radius 2 is 1.79 bits per heavy atom. The van der Waals surface area contributed by atoms with Crippen molar-refractivity contribution in [3.8, 4) is 34.3 Å². The Labute approximate surface area is 170 Å². The number of benzene rings is 2. The summed E-state index contributed by atoms with van der Waals surface area (Å²) in [4.78, 5) is 4.41. The van der Waals surface area contributed by atoms with Crippen molar-refractivity contribution in [3.05, 3.63) is 76.4 Å². The van der Waals surface area contributed by atoms with E-state index in [1.165, 1.54) is 0 Å². The van der Waals surface area contributed by atoms with Crippen LogP contribution < -0.4 is 5.73 Å². The Hall–Kier alpha value is -3.50. The van der Waals surface area contributed by atoms with E-state index in [0.717, 1.165) is 27.0 Å². The summed E-state index contributed by atoms with van der Waals surface area (Å²) in [6.07, 6.45) is 0. The average molecular weight is 431 g/mol. The predicted molar refractivity (Wildman–Crippen MR) is 112 cm³/mol. The first kappa shape index (κ1) is 17.9. The van der Waals surface area contributed by atoms with Gasteiger partial charge in [0.15, 0.2) is 0 Å². The number of nitrogen functional groups attached to an aromatic ring is 1. The van der Waals surface area contributed by atoms with Gasteiger partial charge < -0.3 is 5.73 Å². The molecular formula is C21H15BrN6. The molecule has 0 bridgehead atoms. The Balaban J connectivity index is 1.86. The van der Waals surface area contributed by atoms with Gasteiger partial charge in [-0.15, -0.1) is 5.10 Å². The second-order valence-corrected chi connectivity index (χ2v) is 7.12. The number of hydrogen-bond donors (Lipinski definition) is 1. The smallest absolute Gasteiger partial charge is 0.142 e. The van der Waals surface area contributed by atoms with E-state index in [1.807, 2.05) is 67.6 Å². The summed E-state index contributed by atoms with van der Waals surface area (Å²) in [5.74, 6) is 0.177. The number of nitrogens with two attached hydrogens (primary N) is 1. The minimum absolute atomic E-state index is 0.177. The average Bonchev–Trinajstić information content (AvgIpc) is 3.10. The summed E-state index contributed by atoms with van der Waals surface area (Å²) in [5.41, 5.74) is 11.0. The third-order valence-electron chi connectivity index (χ3n) is 4.45. The molecule has 136 valence electrons. The van der Waals surface area contributed by atoms with Gasteiger partial charge >= 0.3 is 0 Å². The van der Waals surface area contributed by atoms with Gasteiger partial charge in [0.2, 0.25) is 0 Å². The molecule has 0 saturated heterocycles. The molecule has 4 aromatic rings. The van der Waals surface area contributed by atoms with Crippen LogP contribution in [0.5, 0.6) is 0 Å². The third-order valence-corrected chi connectivity index (χ3v) is 4.98. The fraction of sp³-hybridized carbons (Fsp3) is 0.0476. The van der Waals surface area contributed by atoms with Crippen LogP contribution in [0, 0.1) is 18.3 Å². The van der Waals surface area contributed by atoms with Crippen molar-refractivity contribution in [1.82, 2.24) is 20.0 Å². The zero-order valence-corrected chi connectivity index (χ0v) is 16.6. The van der Waals surface area contributed by atoms with Crippen LogP contribution in [0.4, 0.5) is 5.82 Å². The van der Waals surface area contributed by atoms with E-state index in [2.05, 4.69) is 37.3 Å². The van der Waals surface area contributed by atoms with Gasteiger partial charge in [0.05, 0.1) is 17.1 Å². The van der Waals surface area contributed by atoms with E-state index in [0.29, 0.717) is 17.0 Å². The number of anilines is 1. The maximum absolute atomic E-state index is 9.55. The topological polar surface area (TPSA) is 93.4 Å². The van der Waals surface area contributed by atoms with Gasteiger partial charge in [0.25, 0.3) is 0 Å². The number of nitrogens with zero attached hydrogens (tertiary/aromatic N) is 5. The highest BCUT2D eigenvalue weighted by Gasteiger charge is 2.18. The van der Waals surface area contributed by atoms with E-state index in [4.69, 9.17) is 5.73 Å². The molecule has 0 radical (unpaired) electrons. The highest BCUT2D eigenvalue weighted by Crippen LogP contribution is 2.31. The van der Waals surface area contributed by atoms with E-state index < -0.39 is 0 Å². The lowest BCUT2D eigenvalue weighted by atomic mass is 9.99. The number of halogens is 1. The molecule has 2 aromatic carbocycles. The van der Waals surface area contributed by atoms with Crippen LogP contribution in [-0.2, 0) is 0 Å². The van der Waals surface area contributed by atoms with E-state index in [1.54, 1.807) is 4.68 Å². The van der Waals surface area contributed by atoms with Crippen LogP contribution >= 0.6 is 15.9 Å². The summed E-state index contributed by atoms with van der Waals surface area (Å²) in [7, 11) is 0. The summed E-state index contributed by atoms with van der Waals surface area (Å²) >= 11 is 3.43. The Kier molecular flexibility index (Phi) is 4.63. The van der Waals surface area contributed by atoms with E-state index in [-0.39, 0.29) is 5.82 Å².